The Hall–Kier alpha value is -2.48. The van der Waals surface area contributed by atoms with Crippen LogP contribution in [-0.2, 0) is 0 Å². The van der Waals surface area contributed by atoms with Crippen molar-refractivity contribution in [3.05, 3.63) is 69.8 Å². The molecule has 0 aliphatic rings. The van der Waals surface area contributed by atoms with Crippen LogP contribution in [0.25, 0.3) is 22.9 Å². The maximum absolute atomic E-state index is 9.36. The topological polar surface area (TPSA) is 49.6 Å². The maximum Gasteiger partial charge on any atom is 0.134 e. The van der Waals surface area contributed by atoms with E-state index in [2.05, 4.69) is 16.0 Å². The molecule has 1 aromatic carbocycles. The van der Waals surface area contributed by atoms with Gasteiger partial charge in [0.05, 0.1) is 17.0 Å². The average molecular weight is 324 g/mol. The monoisotopic (exact) mass is 323 g/mol. The van der Waals surface area contributed by atoms with Gasteiger partial charge in [0, 0.05) is 22.2 Å². The maximum atomic E-state index is 9.36. The zero-order chi connectivity index (χ0) is 15.4. The van der Waals surface area contributed by atoms with E-state index in [1.54, 1.807) is 12.3 Å². The number of pyridine rings is 1. The third kappa shape index (κ3) is 3.22. The molecule has 3 rings (SSSR count). The lowest BCUT2D eigenvalue weighted by Gasteiger charge is -1.97. The molecule has 0 aliphatic heterocycles. The normalized spacial score (nSPS) is 11.2. The van der Waals surface area contributed by atoms with Gasteiger partial charge in [0.25, 0.3) is 0 Å². The van der Waals surface area contributed by atoms with Crippen molar-refractivity contribution in [2.45, 2.75) is 0 Å². The average Bonchev–Trinajstić information content (AvgIpc) is 3.04. The molecule has 0 saturated carbocycles. The number of nitrogens with zero attached hydrogens (tertiary/aromatic N) is 3. The fourth-order valence-electron chi connectivity index (χ4n) is 1.90. The Bertz CT molecular complexity index is 846. The predicted octanol–water partition coefficient (Wildman–Crippen LogP) is 4.92. The van der Waals surface area contributed by atoms with Gasteiger partial charge in [0.2, 0.25) is 0 Å². The Balaban J connectivity index is 1.94. The number of halogens is 1. The van der Waals surface area contributed by atoms with E-state index < -0.39 is 0 Å². The molecule has 0 aliphatic carbocycles. The number of thiazole rings is 1. The molecule has 0 bridgehead atoms. The van der Waals surface area contributed by atoms with Gasteiger partial charge in [-0.25, -0.2) is 4.98 Å². The second-order valence-corrected chi connectivity index (χ2v) is 5.76. The third-order valence-corrected chi connectivity index (χ3v) is 4.10. The summed E-state index contributed by atoms with van der Waals surface area (Å²) in [6.07, 6.45) is 3.44. The highest BCUT2D eigenvalue weighted by atomic mass is 35.5. The van der Waals surface area contributed by atoms with Crippen molar-refractivity contribution in [2.24, 2.45) is 0 Å². The lowest BCUT2D eigenvalue weighted by molar-refractivity contribution is 1.29. The van der Waals surface area contributed by atoms with Gasteiger partial charge >= 0.3 is 0 Å². The molecule has 5 heteroatoms. The molecule has 2 heterocycles. The van der Waals surface area contributed by atoms with Gasteiger partial charge in [0.15, 0.2) is 0 Å². The highest BCUT2D eigenvalue weighted by Crippen LogP contribution is 2.27. The number of allylic oxidation sites excluding steroid dienone is 1. The fourth-order valence-corrected chi connectivity index (χ4v) is 2.82. The largest absolute Gasteiger partial charge is 0.257 e. The molecule has 3 aromatic rings. The lowest BCUT2D eigenvalue weighted by atomic mass is 10.2. The van der Waals surface area contributed by atoms with Crippen LogP contribution in [0.3, 0.4) is 0 Å². The van der Waals surface area contributed by atoms with Crippen molar-refractivity contribution in [2.75, 3.05) is 0 Å². The van der Waals surface area contributed by atoms with Gasteiger partial charge in [-0.15, -0.1) is 11.3 Å². The Labute approximate surface area is 137 Å². The van der Waals surface area contributed by atoms with E-state index in [9.17, 15) is 5.26 Å². The van der Waals surface area contributed by atoms with E-state index in [1.807, 2.05) is 47.8 Å². The zero-order valence-electron chi connectivity index (χ0n) is 11.4. The summed E-state index contributed by atoms with van der Waals surface area (Å²) in [5.74, 6) is 0. The van der Waals surface area contributed by atoms with Crippen LogP contribution in [0.4, 0.5) is 0 Å². The quantitative estimate of drug-likeness (QED) is 0.642. The Kier molecular flexibility index (Phi) is 4.29. The molecule has 2 aromatic heterocycles. The van der Waals surface area contributed by atoms with Crippen LogP contribution in [0.2, 0.25) is 5.02 Å². The Morgan fingerprint density at radius 2 is 2.00 bits per heavy atom. The van der Waals surface area contributed by atoms with Crippen LogP contribution in [0.1, 0.15) is 10.7 Å². The summed E-state index contributed by atoms with van der Waals surface area (Å²) in [5, 5.41) is 12.7. The summed E-state index contributed by atoms with van der Waals surface area (Å²) in [6.45, 7) is 0. The van der Waals surface area contributed by atoms with Crippen LogP contribution in [0.15, 0.2) is 54.0 Å². The number of benzene rings is 1. The van der Waals surface area contributed by atoms with E-state index >= 15 is 0 Å². The molecule has 0 saturated heterocycles. The zero-order valence-corrected chi connectivity index (χ0v) is 13.0. The van der Waals surface area contributed by atoms with E-state index in [4.69, 9.17) is 11.6 Å². The summed E-state index contributed by atoms with van der Waals surface area (Å²) in [4.78, 5) is 8.74. The van der Waals surface area contributed by atoms with Gasteiger partial charge in [0.1, 0.15) is 11.1 Å². The second kappa shape index (κ2) is 6.52. The second-order valence-electron chi connectivity index (χ2n) is 4.47. The molecular formula is C17H10ClN3S. The van der Waals surface area contributed by atoms with Crippen LogP contribution >= 0.6 is 22.9 Å². The highest BCUT2D eigenvalue weighted by molar-refractivity contribution is 7.11. The minimum absolute atomic E-state index is 0.504. The number of rotatable bonds is 3. The third-order valence-electron chi connectivity index (χ3n) is 2.98. The molecule has 106 valence electrons. The van der Waals surface area contributed by atoms with Crippen LogP contribution in [0.5, 0.6) is 0 Å². The van der Waals surface area contributed by atoms with Gasteiger partial charge in [-0.1, -0.05) is 29.8 Å². The van der Waals surface area contributed by atoms with Gasteiger partial charge < -0.3 is 0 Å². The fraction of sp³-hybridized carbons (Fsp3) is 0. The molecule has 0 spiro atoms. The first kappa shape index (κ1) is 14.5. The van der Waals surface area contributed by atoms with Crippen molar-refractivity contribution in [3.63, 3.8) is 0 Å². The summed E-state index contributed by atoms with van der Waals surface area (Å²) in [7, 11) is 0. The summed E-state index contributed by atoms with van der Waals surface area (Å²) < 4.78 is 0. The molecule has 0 radical (unpaired) electrons. The highest BCUT2D eigenvalue weighted by Gasteiger charge is 2.09. The van der Waals surface area contributed by atoms with E-state index in [-0.39, 0.29) is 0 Å². The number of aromatic nitrogens is 2. The van der Waals surface area contributed by atoms with Crippen molar-refractivity contribution >= 4 is 34.6 Å². The molecule has 0 N–H and O–H groups in total. The lowest BCUT2D eigenvalue weighted by Crippen LogP contribution is -1.84. The summed E-state index contributed by atoms with van der Waals surface area (Å²) >= 11 is 7.33. The minimum Gasteiger partial charge on any atom is -0.257 e. The van der Waals surface area contributed by atoms with Crippen molar-refractivity contribution in [3.8, 4) is 17.3 Å². The van der Waals surface area contributed by atoms with Crippen LogP contribution < -0.4 is 0 Å². The van der Waals surface area contributed by atoms with Gasteiger partial charge in [-0.2, -0.15) is 5.26 Å². The number of hydrogen-bond donors (Lipinski definition) is 0. The van der Waals surface area contributed by atoms with Crippen LogP contribution in [0, 0.1) is 11.3 Å². The minimum atomic E-state index is 0.504. The summed E-state index contributed by atoms with van der Waals surface area (Å²) in [5.41, 5.74) is 3.05. The van der Waals surface area contributed by atoms with Gasteiger partial charge in [-0.3, -0.25) is 4.98 Å². The molecular weight excluding hydrogens is 314 g/mol. The molecule has 0 amide bonds. The molecule has 22 heavy (non-hydrogen) atoms. The first-order valence-electron chi connectivity index (χ1n) is 6.51. The van der Waals surface area contributed by atoms with E-state index in [1.165, 1.54) is 11.3 Å². The first-order valence-corrected chi connectivity index (χ1v) is 7.77. The SMILES string of the molecule is N#C/C(=C/c1ccccn1)c1nc(-c2ccc(Cl)cc2)cs1. The Morgan fingerprint density at radius 1 is 1.18 bits per heavy atom. The smallest absolute Gasteiger partial charge is 0.134 e. The molecule has 3 nitrogen and oxygen atoms in total. The number of hydrogen-bond acceptors (Lipinski definition) is 4. The van der Waals surface area contributed by atoms with Crippen LogP contribution in [-0.4, -0.2) is 9.97 Å². The predicted molar refractivity (Wildman–Crippen MR) is 90.3 cm³/mol. The van der Waals surface area contributed by atoms with E-state index in [0.717, 1.165) is 17.0 Å². The van der Waals surface area contributed by atoms with Gasteiger partial charge in [-0.05, 0) is 30.3 Å². The molecule has 0 unspecified atom stereocenters. The standard InChI is InChI=1S/C17H10ClN3S/c18-14-6-4-12(5-7-14)16-11-22-17(21-16)13(10-19)9-15-3-1-2-8-20-15/h1-9,11H/b13-9-. The summed E-state index contributed by atoms with van der Waals surface area (Å²) in [6, 6.07) is 15.2. The van der Waals surface area contributed by atoms with Crippen molar-refractivity contribution < 1.29 is 0 Å². The molecule has 0 atom stereocenters. The number of nitriles is 1. The Morgan fingerprint density at radius 3 is 2.68 bits per heavy atom. The molecule has 0 fully saturated rings. The first-order chi connectivity index (χ1) is 10.8. The van der Waals surface area contributed by atoms with E-state index in [0.29, 0.717) is 15.6 Å². The van der Waals surface area contributed by atoms with Crippen molar-refractivity contribution in [1.29, 1.82) is 5.26 Å². The van der Waals surface area contributed by atoms with Crippen molar-refractivity contribution in [1.82, 2.24) is 9.97 Å².